The molecule has 0 aliphatic rings. The standard InChI is InChI=1S/C26H22O2/c1-19-5-3-7-25(17-19)27-23-13-9-21(10-14-23)22-11-15-24(16-12-22)28-26-8-4-6-20(2)18-26/h3-18H,1-2H3. The van der Waals surface area contributed by atoms with E-state index in [-0.39, 0.29) is 0 Å². The summed E-state index contributed by atoms with van der Waals surface area (Å²) in [6.07, 6.45) is 0. The normalized spacial score (nSPS) is 10.5. The van der Waals surface area contributed by atoms with Gasteiger partial charge in [-0.05, 0) is 84.6 Å². The van der Waals surface area contributed by atoms with Crippen LogP contribution in [-0.4, -0.2) is 0 Å². The number of rotatable bonds is 5. The van der Waals surface area contributed by atoms with Crippen molar-refractivity contribution >= 4 is 0 Å². The zero-order valence-corrected chi connectivity index (χ0v) is 16.1. The van der Waals surface area contributed by atoms with Gasteiger partial charge in [-0.1, -0.05) is 48.5 Å². The van der Waals surface area contributed by atoms with Gasteiger partial charge >= 0.3 is 0 Å². The van der Waals surface area contributed by atoms with E-state index in [2.05, 4.69) is 50.2 Å². The Morgan fingerprint density at radius 2 is 0.821 bits per heavy atom. The van der Waals surface area contributed by atoms with Gasteiger partial charge < -0.3 is 9.47 Å². The van der Waals surface area contributed by atoms with Crippen LogP contribution in [0.4, 0.5) is 0 Å². The molecule has 0 radical (unpaired) electrons. The third-order valence-corrected chi connectivity index (χ3v) is 4.49. The molecule has 0 fully saturated rings. The van der Waals surface area contributed by atoms with Crippen LogP contribution >= 0.6 is 0 Å². The first-order valence-corrected chi connectivity index (χ1v) is 9.35. The minimum Gasteiger partial charge on any atom is -0.457 e. The lowest BCUT2D eigenvalue weighted by molar-refractivity contribution is 0.482. The van der Waals surface area contributed by atoms with Crippen LogP contribution in [0, 0.1) is 13.8 Å². The largest absolute Gasteiger partial charge is 0.457 e. The minimum atomic E-state index is 0.828. The molecule has 0 N–H and O–H groups in total. The predicted molar refractivity (Wildman–Crippen MR) is 114 cm³/mol. The average molecular weight is 366 g/mol. The Kier molecular flexibility index (Phi) is 5.11. The molecule has 2 heteroatoms. The SMILES string of the molecule is Cc1cccc(Oc2ccc(-c3ccc(Oc4cccc(C)c4)cc3)cc2)c1. The molecule has 4 rings (SSSR count). The molecule has 2 nitrogen and oxygen atoms in total. The molecule has 0 bridgehead atoms. The monoisotopic (exact) mass is 366 g/mol. The minimum absolute atomic E-state index is 0.828. The van der Waals surface area contributed by atoms with Gasteiger partial charge in [0.15, 0.2) is 0 Å². The van der Waals surface area contributed by atoms with Crippen LogP contribution in [0.5, 0.6) is 23.0 Å². The van der Waals surface area contributed by atoms with E-state index in [1.807, 2.05) is 60.7 Å². The van der Waals surface area contributed by atoms with Gasteiger partial charge in [-0.15, -0.1) is 0 Å². The molecule has 0 aliphatic heterocycles. The molecule has 0 saturated carbocycles. The van der Waals surface area contributed by atoms with Crippen LogP contribution in [-0.2, 0) is 0 Å². The third kappa shape index (κ3) is 4.41. The van der Waals surface area contributed by atoms with E-state index in [1.54, 1.807) is 0 Å². The zero-order valence-electron chi connectivity index (χ0n) is 16.1. The lowest BCUT2D eigenvalue weighted by atomic mass is 10.1. The fraction of sp³-hybridized carbons (Fsp3) is 0.0769. The summed E-state index contributed by atoms with van der Waals surface area (Å²) in [4.78, 5) is 0. The first kappa shape index (κ1) is 17.9. The molecule has 4 aromatic rings. The van der Waals surface area contributed by atoms with Gasteiger partial charge in [-0.25, -0.2) is 0 Å². The summed E-state index contributed by atoms with van der Waals surface area (Å²) in [6, 6.07) is 32.4. The lowest BCUT2D eigenvalue weighted by Gasteiger charge is -2.09. The van der Waals surface area contributed by atoms with Crippen molar-refractivity contribution in [3.63, 3.8) is 0 Å². The molecular formula is C26H22O2. The Balaban J connectivity index is 1.45. The predicted octanol–water partition coefficient (Wildman–Crippen LogP) is 7.56. The first-order chi connectivity index (χ1) is 13.7. The number of benzene rings is 4. The van der Waals surface area contributed by atoms with E-state index >= 15 is 0 Å². The summed E-state index contributed by atoms with van der Waals surface area (Å²) in [5, 5.41) is 0. The van der Waals surface area contributed by atoms with Crippen LogP contribution in [0.1, 0.15) is 11.1 Å². The summed E-state index contributed by atoms with van der Waals surface area (Å²) >= 11 is 0. The van der Waals surface area contributed by atoms with E-state index in [0.29, 0.717) is 0 Å². The smallest absolute Gasteiger partial charge is 0.127 e. The van der Waals surface area contributed by atoms with Crippen LogP contribution in [0.15, 0.2) is 97.1 Å². The van der Waals surface area contributed by atoms with Gasteiger partial charge in [0.25, 0.3) is 0 Å². The number of hydrogen-bond acceptors (Lipinski definition) is 2. The van der Waals surface area contributed by atoms with Gasteiger partial charge in [-0.3, -0.25) is 0 Å². The molecule has 0 spiro atoms. The highest BCUT2D eigenvalue weighted by molar-refractivity contribution is 5.65. The van der Waals surface area contributed by atoms with Crippen molar-refractivity contribution in [2.75, 3.05) is 0 Å². The van der Waals surface area contributed by atoms with E-state index in [1.165, 1.54) is 11.1 Å². The van der Waals surface area contributed by atoms with Crippen molar-refractivity contribution in [3.8, 4) is 34.1 Å². The Hall–Kier alpha value is -3.52. The fourth-order valence-corrected chi connectivity index (χ4v) is 3.06. The van der Waals surface area contributed by atoms with E-state index in [0.717, 1.165) is 34.1 Å². The summed E-state index contributed by atoms with van der Waals surface area (Å²) in [5.41, 5.74) is 4.64. The second-order valence-corrected chi connectivity index (χ2v) is 6.89. The van der Waals surface area contributed by atoms with Crippen LogP contribution in [0.3, 0.4) is 0 Å². The van der Waals surface area contributed by atoms with Crippen molar-refractivity contribution in [1.82, 2.24) is 0 Å². The maximum atomic E-state index is 5.93. The van der Waals surface area contributed by atoms with E-state index in [9.17, 15) is 0 Å². The van der Waals surface area contributed by atoms with Gasteiger partial charge in [0.05, 0.1) is 0 Å². The molecule has 28 heavy (non-hydrogen) atoms. The molecule has 0 atom stereocenters. The average Bonchev–Trinajstić information content (AvgIpc) is 2.69. The summed E-state index contributed by atoms with van der Waals surface area (Å²) in [7, 11) is 0. The lowest BCUT2D eigenvalue weighted by Crippen LogP contribution is -1.86. The molecule has 0 heterocycles. The van der Waals surface area contributed by atoms with Gasteiger partial charge in [0.2, 0.25) is 0 Å². The Bertz CT molecular complexity index is 975. The molecule has 0 unspecified atom stereocenters. The highest BCUT2D eigenvalue weighted by Gasteiger charge is 2.03. The molecule has 0 aromatic heterocycles. The van der Waals surface area contributed by atoms with Crippen LogP contribution in [0.2, 0.25) is 0 Å². The summed E-state index contributed by atoms with van der Waals surface area (Å²) in [5.74, 6) is 3.36. The second kappa shape index (κ2) is 8.01. The van der Waals surface area contributed by atoms with Crippen molar-refractivity contribution in [1.29, 1.82) is 0 Å². The molecular weight excluding hydrogens is 344 g/mol. The highest BCUT2D eigenvalue weighted by atomic mass is 16.5. The van der Waals surface area contributed by atoms with Crippen molar-refractivity contribution in [3.05, 3.63) is 108 Å². The van der Waals surface area contributed by atoms with E-state index < -0.39 is 0 Å². The van der Waals surface area contributed by atoms with Gasteiger partial charge in [0, 0.05) is 0 Å². The van der Waals surface area contributed by atoms with E-state index in [4.69, 9.17) is 9.47 Å². The number of ether oxygens (including phenoxy) is 2. The van der Waals surface area contributed by atoms with Crippen molar-refractivity contribution in [2.45, 2.75) is 13.8 Å². The Morgan fingerprint density at radius 1 is 0.429 bits per heavy atom. The highest BCUT2D eigenvalue weighted by Crippen LogP contribution is 2.29. The second-order valence-electron chi connectivity index (χ2n) is 6.89. The third-order valence-electron chi connectivity index (χ3n) is 4.49. The molecule has 0 aliphatic carbocycles. The van der Waals surface area contributed by atoms with Gasteiger partial charge in [0.1, 0.15) is 23.0 Å². The Labute approximate surface area is 166 Å². The molecule has 0 amide bonds. The van der Waals surface area contributed by atoms with Crippen molar-refractivity contribution < 1.29 is 9.47 Å². The maximum Gasteiger partial charge on any atom is 0.127 e. The first-order valence-electron chi connectivity index (χ1n) is 9.35. The van der Waals surface area contributed by atoms with Crippen LogP contribution in [0.25, 0.3) is 11.1 Å². The Morgan fingerprint density at radius 3 is 1.18 bits per heavy atom. The topological polar surface area (TPSA) is 18.5 Å². The fourth-order valence-electron chi connectivity index (χ4n) is 3.06. The molecule has 4 aromatic carbocycles. The number of aryl methyl sites for hydroxylation is 2. The number of hydrogen-bond donors (Lipinski definition) is 0. The van der Waals surface area contributed by atoms with Gasteiger partial charge in [-0.2, -0.15) is 0 Å². The van der Waals surface area contributed by atoms with Crippen molar-refractivity contribution in [2.24, 2.45) is 0 Å². The zero-order chi connectivity index (χ0) is 19.3. The maximum absolute atomic E-state index is 5.93. The molecule has 0 saturated heterocycles. The quantitative estimate of drug-likeness (QED) is 0.363. The summed E-state index contributed by atoms with van der Waals surface area (Å²) in [6.45, 7) is 4.12. The molecule has 138 valence electrons. The van der Waals surface area contributed by atoms with Crippen LogP contribution < -0.4 is 9.47 Å². The summed E-state index contributed by atoms with van der Waals surface area (Å²) < 4.78 is 11.9.